The zero-order valence-corrected chi connectivity index (χ0v) is 21.9. The number of carbonyl (C=O) groups is 3. The van der Waals surface area contributed by atoms with E-state index in [1.807, 2.05) is 13.8 Å². The standard InChI is InChI=1S/C23H28N4O5.CH4O3S/c1-4-27(5-2)20(28)14-31-21(29)15(3)16-8-12-19(13-9-16)32-22(30)17-6-10-18(11-7-17)26-23(24)25;1-5(2,3)4/h6-13,15H,4-5,14H2,1-3H3,(H4,24,25,26);1H3,(H,2,3,4)/t15-;/m0./s1. The van der Waals surface area contributed by atoms with Crippen molar-refractivity contribution >= 4 is 39.6 Å². The van der Waals surface area contributed by atoms with E-state index in [-0.39, 0.29) is 18.5 Å². The van der Waals surface area contributed by atoms with Crippen molar-refractivity contribution in [3.8, 4) is 5.75 Å². The molecule has 1 atom stereocenters. The Morgan fingerprint density at radius 1 is 1.00 bits per heavy atom. The molecule has 2 rings (SSSR count). The lowest BCUT2D eigenvalue weighted by Gasteiger charge is -2.19. The van der Waals surface area contributed by atoms with Crippen LogP contribution in [0.3, 0.4) is 0 Å². The van der Waals surface area contributed by atoms with Crippen LogP contribution in [-0.2, 0) is 24.4 Å². The van der Waals surface area contributed by atoms with Gasteiger partial charge >= 0.3 is 11.9 Å². The molecule has 13 heteroatoms. The Kier molecular flexibility index (Phi) is 12.2. The van der Waals surface area contributed by atoms with Crippen LogP contribution in [0.2, 0.25) is 0 Å². The summed E-state index contributed by atoms with van der Waals surface area (Å²) in [5.41, 5.74) is 12.2. The SMILES string of the molecule is CCN(CC)C(=O)COC(=O)[C@@H](C)c1ccc(OC(=O)c2ccc(N=C(N)N)cc2)cc1.CS(=O)(=O)O. The van der Waals surface area contributed by atoms with Gasteiger partial charge in [0.15, 0.2) is 12.6 Å². The minimum absolute atomic E-state index is 0.0750. The number of likely N-dealkylation sites (N-methyl/N-ethyl adjacent to an activating group) is 1. The molecular weight excluding hydrogens is 504 g/mol. The van der Waals surface area contributed by atoms with Crippen molar-refractivity contribution in [2.75, 3.05) is 26.0 Å². The number of benzene rings is 2. The Morgan fingerprint density at radius 2 is 1.51 bits per heavy atom. The van der Waals surface area contributed by atoms with Gasteiger partial charge in [-0.1, -0.05) is 12.1 Å². The van der Waals surface area contributed by atoms with Gasteiger partial charge in [0.05, 0.1) is 23.4 Å². The van der Waals surface area contributed by atoms with Crippen LogP contribution in [0.4, 0.5) is 5.69 Å². The van der Waals surface area contributed by atoms with Crippen molar-refractivity contribution in [3.05, 3.63) is 59.7 Å². The first kappa shape index (κ1) is 31.1. The summed E-state index contributed by atoms with van der Waals surface area (Å²) < 4.78 is 36.4. The van der Waals surface area contributed by atoms with Crippen LogP contribution in [0.15, 0.2) is 53.5 Å². The first-order chi connectivity index (χ1) is 17.2. The largest absolute Gasteiger partial charge is 0.455 e. The van der Waals surface area contributed by atoms with E-state index in [0.717, 1.165) is 0 Å². The van der Waals surface area contributed by atoms with Crippen LogP contribution in [0.25, 0.3) is 0 Å². The number of esters is 2. The smallest absolute Gasteiger partial charge is 0.343 e. The van der Waals surface area contributed by atoms with Gasteiger partial charge in [-0.05, 0) is 62.7 Å². The summed E-state index contributed by atoms with van der Waals surface area (Å²) in [5.74, 6) is -1.61. The van der Waals surface area contributed by atoms with E-state index in [1.54, 1.807) is 60.4 Å². The summed E-state index contributed by atoms with van der Waals surface area (Å²) in [7, 11) is -3.67. The molecule has 2 aromatic rings. The van der Waals surface area contributed by atoms with Gasteiger partial charge in [0.2, 0.25) is 0 Å². The van der Waals surface area contributed by atoms with E-state index in [4.69, 9.17) is 25.5 Å². The van der Waals surface area contributed by atoms with Crippen LogP contribution in [-0.4, -0.2) is 67.6 Å². The van der Waals surface area contributed by atoms with E-state index in [1.165, 1.54) is 0 Å². The monoisotopic (exact) mass is 536 g/mol. The third kappa shape index (κ3) is 12.0. The molecule has 0 fully saturated rings. The van der Waals surface area contributed by atoms with E-state index < -0.39 is 28.0 Å². The van der Waals surface area contributed by atoms with E-state index in [9.17, 15) is 22.8 Å². The van der Waals surface area contributed by atoms with E-state index in [0.29, 0.717) is 41.9 Å². The molecule has 0 spiro atoms. The predicted molar refractivity (Wildman–Crippen MR) is 138 cm³/mol. The van der Waals surface area contributed by atoms with Crippen molar-refractivity contribution in [2.45, 2.75) is 26.7 Å². The number of aliphatic imine (C=N–C) groups is 1. The Balaban J connectivity index is 0.00000124. The minimum Gasteiger partial charge on any atom is -0.455 e. The molecule has 0 unspecified atom stereocenters. The molecule has 1 amide bonds. The Morgan fingerprint density at radius 3 is 1.97 bits per heavy atom. The third-order valence-corrected chi connectivity index (χ3v) is 4.76. The third-order valence-electron chi connectivity index (χ3n) is 4.76. The fraction of sp³-hybridized carbons (Fsp3) is 0.333. The molecule has 0 heterocycles. The number of nitrogens with zero attached hydrogens (tertiary/aromatic N) is 2. The fourth-order valence-electron chi connectivity index (χ4n) is 2.87. The van der Waals surface area contributed by atoms with Crippen molar-refractivity contribution in [1.82, 2.24) is 4.90 Å². The van der Waals surface area contributed by atoms with Crippen molar-refractivity contribution < 1.29 is 36.8 Å². The lowest BCUT2D eigenvalue weighted by molar-refractivity contribution is -0.152. The lowest BCUT2D eigenvalue weighted by atomic mass is 10.0. The molecule has 0 bridgehead atoms. The van der Waals surface area contributed by atoms with E-state index in [2.05, 4.69) is 4.99 Å². The molecule has 0 saturated carbocycles. The Labute approximate surface area is 216 Å². The van der Waals surface area contributed by atoms with Crippen LogP contribution in [0, 0.1) is 0 Å². The molecule has 0 aliphatic carbocycles. The van der Waals surface area contributed by atoms with Crippen LogP contribution in [0.5, 0.6) is 5.75 Å². The van der Waals surface area contributed by atoms with Gasteiger partial charge in [-0.3, -0.25) is 14.1 Å². The first-order valence-corrected chi connectivity index (χ1v) is 13.0. The Hall–Kier alpha value is -3.97. The highest BCUT2D eigenvalue weighted by Gasteiger charge is 2.20. The zero-order valence-electron chi connectivity index (χ0n) is 21.1. The highest BCUT2D eigenvalue weighted by molar-refractivity contribution is 7.85. The molecular formula is C24H32N4O8S. The molecule has 37 heavy (non-hydrogen) atoms. The Bertz CT molecular complexity index is 1180. The average molecular weight is 537 g/mol. The van der Waals surface area contributed by atoms with Gasteiger partial charge in [0.1, 0.15) is 5.75 Å². The normalized spacial score (nSPS) is 11.3. The molecule has 0 aromatic heterocycles. The second-order valence-electron chi connectivity index (χ2n) is 7.67. The zero-order chi connectivity index (χ0) is 28.2. The minimum atomic E-state index is -3.67. The average Bonchev–Trinajstić information content (AvgIpc) is 2.82. The second kappa shape index (κ2) is 14.6. The van der Waals surface area contributed by atoms with Crippen LogP contribution in [0.1, 0.15) is 42.6 Å². The highest BCUT2D eigenvalue weighted by Crippen LogP contribution is 2.22. The summed E-state index contributed by atoms with van der Waals surface area (Å²) in [5, 5.41) is 0. The number of amides is 1. The maximum Gasteiger partial charge on any atom is 0.343 e. The molecule has 5 N–H and O–H groups in total. The van der Waals surface area contributed by atoms with Gasteiger partial charge in [-0.25, -0.2) is 9.79 Å². The van der Waals surface area contributed by atoms with Gasteiger partial charge in [-0.15, -0.1) is 0 Å². The molecule has 0 radical (unpaired) electrons. The number of hydrogen-bond acceptors (Lipinski definition) is 8. The van der Waals surface area contributed by atoms with Crippen LogP contribution >= 0.6 is 0 Å². The number of carbonyl (C=O) groups excluding carboxylic acids is 3. The van der Waals surface area contributed by atoms with Crippen molar-refractivity contribution in [3.63, 3.8) is 0 Å². The summed E-state index contributed by atoms with van der Waals surface area (Å²) in [4.78, 5) is 42.1. The number of nitrogens with two attached hydrogens (primary N) is 2. The summed E-state index contributed by atoms with van der Waals surface area (Å²) in [6.07, 6.45) is 0.715. The van der Waals surface area contributed by atoms with Crippen LogP contribution < -0.4 is 16.2 Å². The molecule has 0 saturated heterocycles. The first-order valence-electron chi connectivity index (χ1n) is 11.1. The van der Waals surface area contributed by atoms with Gasteiger partial charge in [0, 0.05) is 13.1 Å². The molecule has 2 aromatic carbocycles. The summed E-state index contributed by atoms with van der Waals surface area (Å²) >= 11 is 0. The quantitative estimate of drug-likeness (QED) is 0.140. The molecule has 0 aliphatic heterocycles. The van der Waals surface area contributed by atoms with Crippen molar-refractivity contribution in [1.29, 1.82) is 0 Å². The molecule has 202 valence electrons. The maximum absolute atomic E-state index is 12.3. The predicted octanol–water partition coefficient (Wildman–Crippen LogP) is 1.83. The molecule has 0 aliphatic rings. The molecule has 12 nitrogen and oxygen atoms in total. The summed E-state index contributed by atoms with van der Waals surface area (Å²) in [6, 6.07) is 12.8. The van der Waals surface area contributed by atoms with Gasteiger partial charge in [0.25, 0.3) is 16.0 Å². The van der Waals surface area contributed by atoms with Crippen molar-refractivity contribution in [2.24, 2.45) is 16.5 Å². The number of ether oxygens (including phenoxy) is 2. The lowest BCUT2D eigenvalue weighted by Crippen LogP contribution is -2.34. The number of rotatable bonds is 9. The van der Waals surface area contributed by atoms with Gasteiger partial charge in [-0.2, -0.15) is 8.42 Å². The van der Waals surface area contributed by atoms with Gasteiger partial charge < -0.3 is 25.8 Å². The fourth-order valence-corrected chi connectivity index (χ4v) is 2.87. The number of guanidine groups is 1. The highest BCUT2D eigenvalue weighted by atomic mass is 32.2. The second-order valence-corrected chi connectivity index (χ2v) is 9.14. The topological polar surface area (TPSA) is 192 Å². The maximum atomic E-state index is 12.3. The summed E-state index contributed by atoms with van der Waals surface area (Å²) in [6.45, 7) is 6.24. The van der Waals surface area contributed by atoms with E-state index >= 15 is 0 Å². The number of hydrogen-bond donors (Lipinski definition) is 3.